The molecular formula is C9H21FN2. The van der Waals surface area contributed by atoms with Crippen molar-refractivity contribution in [3.63, 3.8) is 0 Å². The predicted molar refractivity (Wildman–Crippen MR) is 51.0 cm³/mol. The highest BCUT2D eigenvalue weighted by molar-refractivity contribution is 4.87. The summed E-state index contributed by atoms with van der Waals surface area (Å²) in [6.07, 6.45) is 1.97. The molecule has 0 aliphatic carbocycles. The normalized spacial score (nSPS) is 12.5. The Balaban J connectivity index is 4.24. The van der Waals surface area contributed by atoms with E-state index in [1.165, 1.54) is 0 Å². The van der Waals surface area contributed by atoms with Gasteiger partial charge in [0.2, 0.25) is 0 Å². The third-order valence-electron chi connectivity index (χ3n) is 2.93. The lowest BCUT2D eigenvalue weighted by molar-refractivity contribution is 0.107. The Hall–Kier alpha value is -0.150. The zero-order valence-electron chi connectivity index (χ0n) is 8.44. The van der Waals surface area contributed by atoms with E-state index in [0.29, 0.717) is 13.1 Å². The Labute approximate surface area is 74.9 Å². The van der Waals surface area contributed by atoms with Crippen LogP contribution in [0.2, 0.25) is 0 Å². The van der Waals surface area contributed by atoms with Gasteiger partial charge < -0.3 is 5.73 Å². The maximum atomic E-state index is 12.1. The van der Waals surface area contributed by atoms with Crippen molar-refractivity contribution in [2.45, 2.75) is 32.2 Å². The van der Waals surface area contributed by atoms with Crippen LogP contribution in [0.4, 0.5) is 4.39 Å². The van der Waals surface area contributed by atoms with Crippen LogP contribution in [0.3, 0.4) is 0 Å². The number of alkyl halides is 1. The van der Waals surface area contributed by atoms with Gasteiger partial charge in [-0.1, -0.05) is 13.8 Å². The molecule has 2 nitrogen and oxygen atoms in total. The molecule has 0 rings (SSSR count). The molecule has 0 aromatic rings. The molecule has 0 bridgehead atoms. The predicted octanol–water partition coefficient (Wildman–Crippen LogP) is 1.41. The highest BCUT2D eigenvalue weighted by atomic mass is 19.1. The zero-order chi connectivity index (χ0) is 9.61. The van der Waals surface area contributed by atoms with Crippen LogP contribution in [-0.4, -0.2) is 37.3 Å². The summed E-state index contributed by atoms with van der Waals surface area (Å²) in [7, 11) is 1.94. The van der Waals surface area contributed by atoms with Gasteiger partial charge in [-0.2, -0.15) is 0 Å². The lowest BCUT2D eigenvalue weighted by Crippen LogP contribution is -2.51. The van der Waals surface area contributed by atoms with Crippen LogP contribution in [-0.2, 0) is 0 Å². The van der Waals surface area contributed by atoms with E-state index in [1.807, 2.05) is 11.9 Å². The van der Waals surface area contributed by atoms with E-state index >= 15 is 0 Å². The summed E-state index contributed by atoms with van der Waals surface area (Å²) in [5.41, 5.74) is 5.70. The number of nitrogens with two attached hydrogens (primary N) is 1. The second-order valence-electron chi connectivity index (χ2n) is 3.25. The second-order valence-corrected chi connectivity index (χ2v) is 3.25. The van der Waals surface area contributed by atoms with E-state index in [1.54, 1.807) is 0 Å². The number of halogens is 1. The van der Waals surface area contributed by atoms with E-state index in [0.717, 1.165) is 12.8 Å². The van der Waals surface area contributed by atoms with E-state index in [4.69, 9.17) is 5.73 Å². The Bertz CT molecular complexity index is 105. The average Bonchev–Trinajstić information content (AvgIpc) is 2.09. The van der Waals surface area contributed by atoms with Crippen molar-refractivity contribution < 1.29 is 4.39 Å². The largest absolute Gasteiger partial charge is 0.329 e. The highest BCUT2D eigenvalue weighted by Gasteiger charge is 2.28. The molecule has 0 spiro atoms. The fourth-order valence-corrected chi connectivity index (χ4v) is 1.60. The minimum atomic E-state index is -0.293. The minimum Gasteiger partial charge on any atom is -0.329 e. The first-order valence-corrected chi connectivity index (χ1v) is 4.64. The molecule has 0 aliphatic heterocycles. The molecule has 0 aromatic carbocycles. The molecule has 0 amide bonds. The molecule has 0 atom stereocenters. The van der Waals surface area contributed by atoms with Crippen LogP contribution in [0, 0.1) is 0 Å². The smallest absolute Gasteiger partial charge is 0.102 e. The van der Waals surface area contributed by atoms with Gasteiger partial charge in [-0.15, -0.1) is 0 Å². The summed E-state index contributed by atoms with van der Waals surface area (Å²) in [4.78, 5) is 2.03. The molecule has 12 heavy (non-hydrogen) atoms. The summed E-state index contributed by atoms with van der Waals surface area (Å²) in [6, 6.07) is 0. The number of rotatable bonds is 6. The van der Waals surface area contributed by atoms with Gasteiger partial charge in [0.15, 0.2) is 0 Å². The van der Waals surface area contributed by atoms with Crippen LogP contribution in [0.5, 0.6) is 0 Å². The van der Waals surface area contributed by atoms with E-state index in [9.17, 15) is 4.39 Å². The monoisotopic (exact) mass is 176 g/mol. The van der Waals surface area contributed by atoms with Gasteiger partial charge >= 0.3 is 0 Å². The maximum Gasteiger partial charge on any atom is 0.102 e. The van der Waals surface area contributed by atoms with Crippen LogP contribution < -0.4 is 5.73 Å². The van der Waals surface area contributed by atoms with Crippen LogP contribution in [0.15, 0.2) is 0 Å². The third kappa shape index (κ3) is 2.42. The van der Waals surface area contributed by atoms with Gasteiger partial charge in [0.05, 0.1) is 0 Å². The molecule has 3 heteroatoms. The Kier molecular flexibility index (Phi) is 5.42. The summed E-state index contributed by atoms with van der Waals surface area (Å²) in [5.74, 6) is 0. The van der Waals surface area contributed by atoms with Crippen molar-refractivity contribution in [1.82, 2.24) is 4.90 Å². The Morgan fingerprint density at radius 2 is 1.83 bits per heavy atom. The highest BCUT2D eigenvalue weighted by Crippen LogP contribution is 2.20. The number of hydrogen-bond donors (Lipinski definition) is 1. The zero-order valence-corrected chi connectivity index (χ0v) is 8.44. The summed E-state index contributed by atoms with van der Waals surface area (Å²) < 4.78 is 12.1. The van der Waals surface area contributed by atoms with Gasteiger partial charge in [-0.3, -0.25) is 4.90 Å². The van der Waals surface area contributed by atoms with Crippen LogP contribution in [0.1, 0.15) is 26.7 Å². The molecule has 0 unspecified atom stereocenters. The first-order valence-electron chi connectivity index (χ1n) is 4.64. The maximum absolute atomic E-state index is 12.1. The molecule has 0 saturated carbocycles. The van der Waals surface area contributed by atoms with Crippen molar-refractivity contribution in [1.29, 1.82) is 0 Å². The number of hydrogen-bond acceptors (Lipinski definition) is 2. The second kappa shape index (κ2) is 5.49. The molecule has 2 N–H and O–H groups in total. The first-order chi connectivity index (χ1) is 5.66. The summed E-state index contributed by atoms with van der Waals surface area (Å²) in [5, 5.41) is 0. The third-order valence-corrected chi connectivity index (χ3v) is 2.93. The number of likely N-dealkylation sites (N-methyl/N-ethyl adjacent to an activating group) is 1. The van der Waals surface area contributed by atoms with Crippen LogP contribution >= 0.6 is 0 Å². The Morgan fingerprint density at radius 1 is 1.33 bits per heavy atom. The van der Waals surface area contributed by atoms with E-state index in [2.05, 4.69) is 13.8 Å². The summed E-state index contributed by atoms with van der Waals surface area (Å²) in [6.45, 7) is 5.00. The topological polar surface area (TPSA) is 29.3 Å². The van der Waals surface area contributed by atoms with Crippen molar-refractivity contribution in [2.75, 3.05) is 26.8 Å². The SMILES string of the molecule is CCC(CC)(CN)N(C)CCF. The lowest BCUT2D eigenvalue weighted by Gasteiger charge is -2.39. The van der Waals surface area contributed by atoms with Gasteiger partial charge in [-0.25, -0.2) is 4.39 Å². The van der Waals surface area contributed by atoms with Crippen LogP contribution in [0.25, 0.3) is 0 Å². The molecule has 0 heterocycles. The van der Waals surface area contributed by atoms with E-state index in [-0.39, 0.29) is 12.2 Å². The van der Waals surface area contributed by atoms with Crippen molar-refractivity contribution in [2.24, 2.45) is 5.73 Å². The molecular weight excluding hydrogens is 155 g/mol. The molecule has 0 saturated heterocycles. The first kappa shape index (κ1) is 11.8. The molecule has 0 aliphatic rings. The molecule has 0 fully saturated rings. The average molecular weight is 176 g/mol. The minimum absolute atomic E-state index is 0.00604. The van der Waals surface area contributed by atoms with Gasteiger partial charge in [-0.05, 0) is 19.9 Å². The fraction of sp³-hybridized carbons (Fsp3) is 1.00. The lowest BCUT2D eigenvalue weighted by atomic mass is 9.91. The summed E-state index contributed by atoms with van der Waals surface area (Å²) >= 11 is 0. The molecule has 74 valence electrons. The van der Waals surface area contributed by atoms with Crippen molar-refractivity contribution in [3.05, 3.63) is 0 Å². The molecule has 0 radical (unpaired) electrons. The van der Waals surface area contributed by atoms with E-state index < -0.39 is 0 Å². The standard InChI is InChI=1S/C9H21FN2/c1-4-9(5-2,8-11)12(3)7-6-10/h4-8,11H2,1-3H3. The number of nitrogens with zero attached hydrogens (tertiary/aromatic N) is 1. The van der Waals surface area contributed by atoms with Crippen molar-refractivity contribution >= 4 is 0 Å². The quantitative estimate of drug-likeness (QED) is 0.663. The fourth-order valence-electron chi connectivity index (χ4n) is 1.60. The molecule has 0 aromatic heterocycles. The van der Waals surface area contributed by atoms with Crippen molar-refractivity contribution in [3.8, 4) is 0 Å². The Morgan fingerprint density at radius 3 is 2.08 bits per heavy atom. The van der Waals surface area contributed by atoms with Gasteiger partial charge in [0, 0.05) is 18.6 Å². The van der Waals surface area contributed by atoms with Gasteiger partial charge in [0.25, 0.3) is 0 Å². The van der Waals surface area contributed by atoms with Gasteiger partial charge in [0.1, 0.15) is 6.67 Å².